The van der Waals surface area contributed by atoms with Gasteiger partial charge in [-0.15, -0.1) is 0 Å². The molecule has 1 fully saturated rings. The summed E-state index contributed by atoms with van der Waals surface area (Å²) in [5.74, 6) is -2.64. The molecule has 0 spiro atoms. The number of hydrogen-bond donors (Lipinski definition) is 3. The molecule has 7 nitrogen and oxygen atoms in total. The van der Waals surface area contributed by atoms with Gasteiger partial charge < -0.3 is 26.3 Å². The highest BCUT2D eigenvalue weighted by Gasteiger charge is 2.40. The van der Waals surface area contributed by atoms with Crippen LogP contribution < -0.4 is 21.5 Å². The molecule has 0 saturated heterocycles. The van der Waals surface area contributed by atoms with Crippen molar-refractivity contribution in [3.8, 4) is 11.5 Å². The number of alkyl halides is 3. The molecule has 1 atom stereocenters. The van der Waals surface area contributed by atoms with Crippen LogP contribution in [0.5, 0.6) is 11.5 Å². The van der Waals surface area contributed by atoms with Crippen molar-refractivity contribution < 1.29 is 41.0 Å². The first-order valence-electron chi connectivity index (χ1n) is 12.3. The van der Waals surface area contributed by atoms with E-state index < -0.39 is 47.0 Å². The lowest BCUT2D eigenvalue weighted by Gasteiger charge is -2.20. The molecular weight excluding hydrogens is 537 g/mol. The maximum absolute atomic E-state index is 14.6. The Balaban J connectivity index is 1.75. The van der Waals surface area contributed by atoms with E-state index in [2.05, 4.69) is 5.32 Å². The molecule has 0 radical (unpaired) electrons. The van der Waals surface area contributed by atoms with Crippen molar-refractivity contribution in [2.75, 3.05) is 11.9 Å². The second-order valence-corrected chi connectivity index (χ2v) is 9.41. The third-order valence-electron chi connectivity index (χ3n) is 6.36. The molecule has 40 heavy (non-hydrogen) atoms. The fourth-order valence-corrected chi connectivity index (χ4v) is 4.32. The quantitative estimate of drug-likeness (QED) is 0.251. The molecule has 0 bridgehead atoms. The van der Waals surface area contributed by atoms with Gasteiger partial charge in [0.05, 0.1) is 11.1 Å². The number of aryl methyl sites for hydroxylation is 1. The second kappa shape index (κ2) is 11.5. The van der Waals surface area contributed by atoms with Crippen LogP contribution in [-0.4, -0.2) is 18.5 Å². The number of nitrogens with two attached hydrogens (primary N) is 2. The van der Waals surface area contributed by atoms with Crippen LogP contribution >= 0.6 is 0 Å². The van der Waals surface area contributed by atoms with Gasteiger partial charge in [0.15, 0.2) is 0 Å². The topological polar surface area (TPSA) is 117 Å². The monoisotopic (exact) mass is 563 g/mol. The Hall–Kier alpha value is -4.19. The minimum absolute atomic E-state index is 0.000215. The molecule has 0 aromatic heterocycles. The Morgan fingerprint density at radius 2 is 1.77 bits per heavy atom. The summed E-state index contributed by atoms with van der Waals surface area (Å²) >= 11 is 0. The molecular formula is C28H26F5N3O4. The van der Waals surface area contributed by atoms with Crippen LogP contribution in [-0.2, 0) is 10.9 Å². The minimum Gasteiger partial charge on any atom is -0.456 e. The van der Waals surface area contributed by atoms with Crippen molar-refractivity contribution in [1.82, 2.24) is 0 Å². The Morgan fingerprint density at radius 1 is 1.05 bits per heavy atom. The van der Waals surface area contributed by atoms with Gasteiger partial charge in [-0.1, -0.05) is 0 Å². The Morgan fingerprint density at radius 3 is 2.38 bits per heavy atom. The largest absolute Gasteiger partial charge is 0.456 e. The van der Waals surface area contributed by atoms with E-state index in [1.807, 2.05) is 0 Å². The number of hydrogen-bond acceptors (Lipinski definition) is 5. The average molecular weight is 564 g/mol. The molecule has 2 amide bonds. The number of primary amides is 1. The Labute approximate surface area is 226 Å². The predicted octanol–water partition coefficient (Wildman–Crippen LogP) is 6.70. The molecule has 0 heterocycles. The summed E-state index contributed by atoms with van der Waals surface area (Å²) < 4.78 is 81.1. The molecule has 1 saturated carbocycles. The van der Waals surface area contributed by atoms with E-state index in [-0.39, 0.29) is 47.2 Å². The first kappa shape index (κ1) is 28.8. The maximum Gasteiger partial charge on any atom is 0.416 e. The van der Waals surface area contributed by atoms with E-state index in [0.29, 0.717) is 18.4 Å². The summed E-state index contributed by atoms with van der Waals surface area (Å²) in [6.07, 6.45) is -5.94. The molecule has 1 aliphatic carbocycles. The number of nitrogens with one attached hydrogen (secondary N) is 1. The Bertz CT molecular complexity index is 1440. The number of halogens is 5. The summed E-state index contributed by atoms with van der Waals surface area (Å²) in [6.45, 7) is 1.57. The number of carbonyl (C=O) groups is 2. The number of amides is 2. The lowest BCUT2D eigenvalue weighted by Crippen LogP contribution is -2.21. The minimum atomic E-state index is -4.75. The molecule has 5 N–H and O–H groups in total. The summed E-state index contributed by atoms with van der Waals surface area (Å²) in [5.41, 5.74) is 9.40. The second-order valence-electron chi connectivity index (χ2n) is 9.41. The highest BCUT2D eigenvalue weighted by Crippen LogP contribution is 2.48. The van der Waals surface area contributed by atoms with Gasteiger partial charge in [0.1, 0.15) is 29.2 Å². The van der Waals surface area contributed by atoms with Crippen LogP contribution in [0.15, 0.2) is 48.5 Å². The summed E-state index contributed by atoms with van der Waals surface area (Å²) in [4.78, 5) is 24.7. The van der Waals surface area contributed by atoms with Crippen LogP contribution in [0.3, 0.4) is 0 Å². The van der Waals surface area contributed by atoms with Crippen molar-refractivity contribution >= 4 is 17.7 Å². The standard InChI is InChI=1S/C28H26F5N3O4/c1-14-10-16(29)4-7-23(14)39-25-13-18(15-2-3-15)21(28(31,32)33)12-20(25)26(37)36-17-5-6-22(30)19(11-17)24(8-9-34)40-27(35)38/h4-7,10-13,15,24H,2-3,8-9,34H2,1H3,(H2,35,38)(H,36,37). The Kier molecular flexibility index (Phi) is 8.29. The fourth-order valence-electron chi connectivity index (χ4n) is 4.32. The first-order chi connectivity index (χ1) is 18.9. The summed E-state index contributed by atoms with van der Waals surface area (Å²) in [6, 6.07) is 8.88. The molecule has 1 unspecified atom stereocenters. The smallest absolute Gasteiger partial charge is 0.416 e. The van der Waals surface area contributed by atoms with Crippen LogP contribution in [0.1, 0.15) is 63.9 Å². The number of benzene rings is 3. The third-order valence-corrected chi connectivity index (χ3v) is 6.36. The number of rotatable bonds is 9. The van der Waals surface area contributed by atoms with E-state index >= 15 is 0 Å². The fraction of sp³-hybridized carbons (Fsp3) is 0.286. The maximum atomic E-state index is 14.6. The summed E-state index contributed by atoms with van der Waals surface area (Å²) in [5, 5.41) is 2.45. The number of anilines is 1. The van der Waals surface area contributed by atoms with Gasteiger partial charge in [0.25, 0.3) is 5.91 Å². The molecule has 1 aliphatic rings. The van der Waals surface area contributed by atoms with Gasteiger partial charge in [-0.2, -0.15) is 13.2 Å². The lowest BCUT2D eigenvalue weighted by molar-refractivity contribution is -0.138. The molecule has 212 valence electrons. The normalized spacial score (nSPS) is 14.0. The van der Waals surface area contributed by atoms with E-state index in [1.165, 1.54) is 30.3 Å². The summed E-state index contributed by atoms with van der Waals surface area (Å²) in [7, 11) is 0. The molecule has 3 aromatic carbocycles. The SMILES string of the molecule is Cc1cc(F)ccc1Oc1cc(C2CC2)c(C(F)(F)F)cc1C(=O)Nc1ccc(F)c(C(CCN)OC(N)=O)c1. The van der Waals surface area contributed by atoms with E-state index in [4.69, 9.17) is 20.9 Å². The van der Waals surface area contributed by atoms with Crippen molar-refractivity contribution in [1.29, 1.82) is 0 Å². The highest BCUT2D eigenvalue weighted by atomic mass is 19.4. The zero-order valence-electron chi connectivity index (χ0n) is 21.3. The van der Waals surface area contributed by atoms with Crippen molar-refractivity contribution in [2.45, 2.75) is 44.4 Å². The molecule has 0 aliphatic heterocycles. The van der Waals surface area contributed by atoms with E-state index in [1.54, 1.807) is 6.92 Å². The predicted molar refractivity (Wildman–Crippen MR) is 136 cm³/mol. The van der Waals surface area contributed by atoms with Crippen LogP contribution in [0.4, 0.5) is 32.4 Å². The van der Waals surface area contributed by atoms with Crippen LogP contribution in [0.25, 0.3) is 0 Å². The highest BCUT2D eigenvalue weighted by molar-refractivity contribution is 6.06. The van der Waals surface area contributed by atoms with E-state index in [9.17, 15) is 31.5 Å². The van der Waals surface area contributed by atoms with Gasteiger partial charge in [0, 0.05) is 17.7 Å². The van der Waals surface area contributed by atoms with Crippen molar-refractivity contribution in [3.63, 3.8) is 0 Å². The van der Waals surface area contributed by atoms with Gasteiger partial charge in [-0.05, 0) is 91.9 Å². The zero-order chi connectivity index (χ0) is 29.2. The van der Waals surface area contributed by atoms with Gasteiger partial charge in [0.2, 0.25) is 0 Å². The van der Waals surface area contributed by atoms with Crippen molar-refractivity contribution in [2.24, 2.45) is 11.5 Å². The van der Waals surface area contributed by atoms with Gasteiger partial charge in [-0.25, -0.2) is 13.6 Å². The molecule has 3 aromatic rings. The molecule has 4 rings (SSSR count). The van der Waals surface area contributed by atoms with Gasteiger partial charge in [-0.3, -0.25) is 4.79 Å². The van der Waals surface area contributed by atoms with Crippen LogP contribution in [0.2, 0.25) is 0 Å². The number of ether oxygens (including phenoxy) is 2. The van der Waals surface area contributed by atoms with Gasteiger partial charge >= 0.3 is 12.3 Å². The van der Waals surface area contributed by atoms with E-state index in [0.717, 1.165) is 18.2 Å². The molecule has 12 heteroatoms. The van der Waals surface area contributed by atoms with Crippen LogP contribution in [0, 0.1) is 18.6 Å². The lowest BCUT2D eigenvalue weighted by atomic mass is 9.98. The van der Waals surface area contributed by atoms with Crippen molar-refractivity contribution in [3.05, 3.63) is 88.0 Å². The average Bonchev–Trinajstić information content (AvgIpc) is 3.71. The number of carbonyl (C=O) groups excluding carboxylic acids is 2. The third kappa shape index (κ3) is 6.68. The zero-order valence-corrected chi connectivity index (χ0v) is 21.3. The first-order valence-corrected chi connectivity index (χ1v) is 12.3.